The van der Waals surface area contributed by atoms with E-state index < -0.39 is 23.0 Å². The van der Waals surface area contributed by atoms with Gasteiger partial charge >= 0.3 is 6.18 Å². The molecule has 0 saturated carbocycles. The number of hydrogen-bond donors (Lipinski definition) is 1. The van der Waals surface area contributed by atoms with Crippen LogP contribution in [0.2, 0.25) is 0 Å². The van der Waals surface area contributed by atoms with Crippen LogP contribution in [0.5, 0.6) is 0 Å². The Morgan fingerprint density at radius 3 is 2.46 bits per heavy atom. The number of alkyl halides is 3. The molecule has 1 atom stereocenters. The fourth-order valence-corrected chi connectivity index (χ4v) is 4.21. The molecule has 12 heteroatoms. The number of hydrogen-bond acceptors (Lipinski definition) is 7. The van der Waals surface area contributed by atoms with Gasteiger partial charge in [-0.25, -0.2) is 4.98 Å². The quantitative estimate of drug-likeness (QED) is 0.310. The number of likely N-dealkylation sites (N-methyl/N-ethyl adjacent to an activating group) is 1. The number of pyridine rings is 1. The summed E-state index contributed by atoms with van der Waals surface area (Å²) < 4.78 is 47.0. The van der Waals surface area contributed by atoms with E-state index in [9.17, 15) is 18.0 Å². The van der Waals surface area contributed by atoms with E-state index >= 15 is 0 Å². The molecule has 2 N–H and O–H groups in total. The van der Waals surface area contributed by atoms with E-state index in [1.54, 1.807) is 38.6 Å². The van der Waals surface area contributed by atoms with Crippen LogP contribution in [-0.2, 0) is 22.9 Å². The summed E-state index contributed by atoms with van der Waals surface area (Å²) in [5.74, 6) is 0.0958. The monoisotopic (exact) mass is 541 g/mol. The third-order valence-electron chi connectivity index (χ3n) is 6.71. The molecule has 206 valence electrons. The van der Waals surface area contributed by atoms with E-state index in [-0.39, 0.29) is 18.3 Å². The van der Waals surface area contributed by atoms with E-state index in [0.717, 1.165) is 30.9 Å². The highest BCUT2D eigenvalue weighted by atomic mass is 19.4. The summed E-state index contributed by atoms with van der Waals surface area (Å²) in [5.41, 5.74) is 6.22. The van der Waals surface area contributed by atoms with Crippen molar-refractivity contribution in [2.24, 2.45) is 0 Å². The van der Waals surface area contributed by atoms with E-state index in [4.69, 9.17) is 10.3 Å². The molecular weight excluding hydrogens is 511 g/mol. The molecule has 4 aromatic rings. The van der Waals surface area contributed by atoms with Gasteiger partial charge in [-0.05, 0) is 30.5 Å². The van der Waals surface area contributed by atoms with E-state index in [2.05, 4.69) is 27.1 Å². The van der Waals surface area contributed by atoms with Crippen molar-refractivity contribution in [3.8, 4) is 22.6 Å². The number of amides is 1. The molecule has 1 aromatic carbocycles. The van der Waals surface area contributed by atoms with Crippen molar-refractivity contribution in [3.05, 3.63) is 65.9 Å². The van der Waals surface area contributed by atoms with Crippen molar-refractivity contribution in [3.63, 3.8) is 0 Å². The standard InChI is InChI=1S/C27H30F3N7O2/c1-5-6-11-26(2,25-34-24(39-35-25)19-14-33-37(15-19)16-22(38)36(3)4)20-9-7-17(8-10-20)18-12-21(27(28,29)30)23(31)32-13-18/h7-10,12-15H,5-6,11,16H2,1-4H3,(H2,31,32)/t26-/m1/s1. The van der Waals surface area contributed by atoms with Crippen LogP contribution in [0.15, 0.2) is 53.4 Å². The molecule has 9 nitrogen and oxygen atoms in total. The summed E-state index contributed by atoms with van der Waals surface area (Å²) >= 11 is 0. The van der Waals surface area contributed by atoms with Crippen LogP contribution in [0.4, 0.5) is 19.0 Å². The average Bonchev–Trinajstić information content (AvgIpc) is 3.57. The second kappa shape index (κ2) is 10.9. The molecule has 0 aliphatic heterocycles. The third kappa shape index (κ3) is 5.94. The van der Waals surface area contributed by atoms with Gasteiger partial charge in [0.2, 0.25) is 5.91 Å². The number of carbonyl (C=O) groups excluding carboxylic acids is 1. The van der Waals surface area contributed by atoms with Crippen LogP contribution in [0.25, 0.3) is 22.6 Å². The van der Waals surface area contributed by atoms with Crippen molar-refractivity contribution in [1.29, 1.82) is 0 Å². The smallest absolute Gasteiger partial charge is 0.383 e. The number of nitrogens with zero attached hydrogens (tertiary/aromatic N) is 6. The minimum absolute atomic E-state index is 0.0859. The van der Waals surface area contributed by atoms with Crippen molar-refractivity contribution < 1.29 is 22.5 Å². The molecule has 1 amide bonds. The minimum Gasteiger partial charge on any atom is -0.383 e. The molecular formula is C27H30F3N7O2. The molecule has 0 unspecified atom stereocenters. The number of nitrogens with two attached hydrogens (primary N) is 1. The fourth-order valence-electron chi connectivity index (χ4n) is 4.21. The summed E-state index contributed by atoms with van der Waals surface area (Å²) in [6.07, 6.45) is 2.53. The molecule has 0 radical (unpaired) electrons. The van der Waals surface area contributed by atoms with Crippen molar-refractivity contribution in [1.82, 2.24) is 29.8 Å². The molecule has 0 fully saturated rings. The van der Waals surface area contributed by atoms with Crippen LogP contribution in [0, 0.1) is 0 Å². The average molecular weight is 542 g/mol. The highest BCUT2D eigenvalue weighted by Crippen LogP contribution is 2.38. The van der Waals surface area contributed by atoms with Gasteiger partial charge in [-0.1, -0.05) is 49.2 Å². The van der Waals surface area contributed by atoms with Gasteiger partial charge in [0.25, 0.3) is 5.89 Å². The maximum Gasteiger partial charge on any atom is 0.419 e. The van der Waals surface area contributed by atoms with Crippen molar-refractivity contribution in [2.75, 3.05) is 19.8 Å². The summed E-state index contributed by atoms with van der Waals surface area (Å²) in [5, 5.41) is 8.49. The van der Waals surface area contributed by atoms with Gasteiger partial charge in [-0.15, -0.1) is 0 Å². The van der Waals surface area contributed by atoms with Gasteiger partial charge in [0.15, 0.2) is 5.82 Å². The van der Waals surface area contributed by atoms with Crippen LogP contribution < -0.4 is 5.73 Å². The predicted octanol–water partition coefficient (Wildman–Crippen LogP) is 5.18. The van der Waals surface area contributed by atoms with Crippen molar-refractivity contribution in [2.45, 2.75) is 51.2 Å². The zero-order valence-corrected chi connectivity index (χ0v) is 22.2. The first kappa shape index (κ1) is 27.8. The summed E-state index contributed by atoms with van der Waals surface area (Å²) in [6, 6.07) is 8.22. The summed E-state index contributed by atoms with van der Waals surface area (Å²) in [7, 11) is 3.35. The van der Waals surface area contributed by atoms with Gasteiger partial charge in [-0.2, -0.15) is 23.3 Å². The van der Waals surface area contributed by atoms with Crippen molar-refractivity contribution >= 4 is 11.7 Å². The maximum absolute atomic E-state index is 13.3. The van der Waals surface area contributed by atoms with E-state index in [1.807, 2.05) is 19.1 Å². The number of nitrogen functional groups attached to an aromatic ring is 1. The van der Waals surface area contributed by atoms with E-state index in [1.165, 1.54) is 15.8 Å². The Morgan fingerprint density at radius 2 is 1.82 bits per heavy atom. The Balaban J connectivity index is 1.63. The lowest BCUT2D eigenvalue weighted by Crippen LogP contribution is -2.26. The number of halogens is 3. The Bertz CT molecular complexity index is 1440. The second-order valence-corrected chi connectivity index (χ2v) is 9.81. The topological polar surface area (TPSA) is 116 Å². The van der Waals surface area contributed by atoms with Crippen LogP contribution in [0.3, 0.4) is 0 Å². The predicted molar refractivity (Wildman–Crippen MR) is 139 cm³/mol. The largest absolute Gasteiger partial charge is 0.419 e. The number of rotatable bonds is 9. The molecule has 3 aromatic heterocycles. The molecule has 39 heavy (non-hydrogen) atoms. The molecule has 0 aliphatic carbocycles. The highest BCUT2D eigenvalue weighted by molar-refractivity contribution is 5.75. The van der Waals surface area contributed by atoms with Crippen LogP contribution >= 0.6 is 0 Å². The SMILES string of the molecule is CCCC[C@](C)(c1ccc(-c2cnc(N)c(C(F)(F)F)c2)cc1)c1noc(-c2cnn(CC(=O)N(C)C)c2)n1. The van der Waals surface area contributed by atoms with Gasteiger partial charge < -0.3 is 15.2 Å². The number of carbonyl (C=O) groups is 1. The lowest BCUT2D eigenvalue weighted by molar-refractivity contribution is -0.137. The first-order valence-electron chi connectivity index (χ1n) is 12.4. The Hall–Kier alpha value is -4.22. The third-order valence-corrected chi connectivity index (χ3v) is 6.71. The van der Waals surface area contributed by atoms with Crippen LogP contribution in [0.1, 0.15) is 50.1 Å². The molecule has 0 aliphatic rings. The minimum atomic E-state index is -4.60. The molecule has 0 spiro atoms. The number of anilines is 1. The highest BCUT2D eigenvalue weighted by Gasteiger charge is 2.35. The van der Waals surface area contributed by atoms with Crippen LogP contribution in [-0.4, -0.2) is 49.8 Å². The molecule has 4 rings (SSSR count). The number of aromatic nitrogens is 5. The maximum atomic E-state index is 13.3. The van der Waals surface area contributed by atoms with Gasteiger partial charge in [0.1, 0.15) is 12.4 Å². The lowest BCUT2D eigenvalue weighted by Gasteiger charge is -2.27. The fraction of sp³-hybridized carbons (Fsp3) is 0.370. The number of unbranched alkanes of at least 4 members (excludes halogenated alkanes) is 1. The molecule has 3 heterocycles. The normalized spacial score (nSPS) is 13.3. The Labute approximate surface area is 223 Å². The van der Waals surface area contributed by atoms with Gasteiger partial charge in [-0.3, -0.25) is 9.48 Å². The lowest BCUT2D eigenvalue weighted by atomic mass is 9.77. The Morgan fingerprint density at radius 1 is 1.10 bits per heavy atom. The van der Waals surface area contributed by atoms with E-state index in [0.29, 0.717) is 22.5 Å². The Kier molecular flexibility index (Phi) is 7.75. The summed E-state index contributed by atoms with van der Waals surface area (Å²) in [4.78, 5) is 21.9. The molecule has 0 bridgehead atoms. The zero-order valence-electron chi connectivity index (χ0n) is 22.2. The molecule has 0 saturated heterocycles. The zero-order chi connectivity index (χ0) is 28.4. The first-order valence-corrected chi connectivity index (χ1v) is 12.4. The first-order chi connectivity index (χ1) is 18.4. The number of benzene rings is 1. The summed E-state index contributed by atoms with van der Waals surface area (Å²) in [6.45, 7) is 4.18. The van der Waals surface area contributed by atoms with Gasteiger partial charge in [0, 0.05) is 32.1 Å². The second-order valence-electron chi connectivity index (χ2n) is 9.81. The van der Waals surface area contributed by atoms with Gasteiger partial charge in [0.05, 0.1) is 22.7 Å².